The number of amides is 1. The number of benzene rings is 6. The van der Waals surface area contributed by atoms with Crippen LogP contribution in [0.4, 0.5) is 79.0 Å². The number of aromatic nitrogens is 6. The largest absolute Gasteiger partial charge is 0.573 e. The maximum atomic E-state index is 12.1. The van der Waals surface area contributed by atoms with Crippen LogP contribution < -0.4 is 63.0 Å². The predicted octanol–water partition coefficient (Wildman–Crippen LogP) is 14.0. The first-order valence-electron chi connectivity index (χ1n) is 30.0. The highest BCUT2D eigenvalue weighted by molar-refractivity contribution is 6.69. The molecule has 0 saturated heterocycles. The molecule has 18 N–H and O–H groups in total. The van der Waals surface area contributed by atoms with Gasteiger partial charge < -0.3 is 73.6 Å². The summed E-state index contributed by atoms with van der Waals surface area (Å²) in [6.45, 7) is 5.00. The first-order valence-corrected chi connectivity index (χ1v) is 30.4. The van der Waals surface area contributed by atoms with E-state index in [1.165, 1.54) is 117 Å². The monoisotopic (exact) mass is 1800 g/mol. The quantitative estimate of drug-likeness (QED) is 0.00412. The van der Waals surface area contributed by atoms with Gasteiger partial charge in [-0.1, -0.05) is 44.8 Å². The summed E-state index contributed by atoms with van der Waals surface area (Å²) in [5.74, 6) is 17.0. The summed E-state index contributed by atoms with van der Waals surface area (Å²) in [5, 5.41) is 52.2. The van der Waals surface area contributed by atoms with Crippen molar-refractivity contribution >= 4 is 65.5 Å². The average molecular weight is 1800 g/mol. The van der Waals surface area contributed by atoms with Crippen LogP contribution in [0.15, 0.2) is 188 Å². The number of ether oxygens (including phenoxy) is 7. The third-order valence-corrected chi connectivity index (χ3v) is 11.6. The van der Waals surface area contributed by atoms with Crippen LogP contribution in [0.25, 0.3) is 45.4 Å². The molecule has 121 heavy (non-hydrogen) atoms. The van der Waals surface area contributed by atoms with Gasteiger partial charge in [-0.25, -0.2) is 21.5 Å². The van der Waals surface area contributed by atoms with E-state index >= 15 is 0 Å². The molecule has 0 spiro atoms. The number of halogens is 20. The van der Waals surface area contributed by atoms with Crippen molar-refractivity contribution in [1.29, 1.82) is 5.41 Å². The lowest BCUT2D eigenvalue weighted by molar-refractivity contribution is -0.275. The van der Waals surface area contributed by atoms with Gasteiger partial charge >= 0.3 is 56.2 Å². The molecule has 10 aromatic rings. The highest BCUT2D eigenvalue weighted by Gasteiger charge is 2.35. The van der Waals surface area contributed by atoms with Crippen molar-refractivity contribution in [1.82, 2.24) is 36.1 Å². The molecule has 0 saturated carbocycles. The molecular formula is C67H65Cl2F18N15O19. The van der Waals surface area contributed by atoms with E-state index < -0.39 is 50.1 Å². The van der Waals surface area contributed by atoms with Crippen molar-refractivity contribution in [3.05, 3.63) is 198 Å². The molecule has 0 radical (unpaired) electrons. The van der Waals surface area contributed by atoms with Crippen LogP contribution in [-0.4, -0.2) is 139 Å². The van der Waals surface area contributed by atoms with E-state index in [1.54, 1.807) is 31.9 Å². The van der Waals surface area contributed by atoms with Crippen LogP contribution >= 0.6 is 24.0 Å². The third-order valence-electron chi connectivity index (χ3n) is 11.3. The molecule has 34 nitrogen and oxygen atoms in total. The highest BCUT2D eigenvalue weighted by atomic mass is 35.5. The summed E-state index contributed by atoms with van der Waals surface area (Å²) in [5.41, 5.74) is 10.6. The van der Waals surface area contributed by atoms with Crippen molar-refractivity contribution in [3.63, 3.8) is 0 Å². The van der Waals surface area contributed by atoms with E-state index in [0.29, 0.717) is 68.7 Å². The van der Waals surface area contributed by atoms with Crippen molar-refractivity contribution in [3.8, 4) is 92.2 Å². The standard InChI is InChI=1S/C13H9F3N4O2.C11H8F3N3O3.C11H8F3NO2.C8H5ClF3NO2.C8H6F3NO2.C8H5F3O2.C4H4O2.C2H6N2.CO2.CH4.ClH.H4N2.H3NO.H2O/c1-7-17-12(19-18-7)11-6-10(20-22-11)8-2-4-9(5-3-8)21-13(14,15)16;12-11(13,14)19-7-3-1-6(2-4-7)8-5-9(20-17-8)10(18)16-15;1-7-6-10(15-17-7)8-2-4-9(5-3-8)16-11(12,13)14;9-7(13-14)5-1-3-6(4-2-5)15-8(10,11)12;9-8(10,11)14-7-3-1-6(2-4-7)5-12-13;9-8(10,11)13-7-3-1-6(5-12)2-4-7;1-3-4(5)6-2;1-2(3)4;2-1-3;;;2*1-2;/h2-6H,1H3,(H,17,18,19);1-5H,15H2,(H,16,18);2-6H,1H3;1-4,14H;1-5,13H;1-5H;1H,2H3;1H3,(H3,3,4);;1H4;1H;1-2H2;2H,1H2;1H2/b;;;13-7-;12-5+;;;;;;;;;. The number of aryl methyl sites for hydroxylation is 2. The van der Waals surface area contributed by atoms with Crippen LogP contribution in [-0.2, 0) is 19.1 Å². The Morgan fingerprint density at radius 1 is 0.570 bits per heavy atom. The molecule has 0 atom stereocenters. The van der Waals surface area contributed by atoms with Crippen molar-refractivity contribution in [2.24, 2.45) is 39.5 Å². The second-order valence-corrected chi connectivity index (χ2v) is 20.2. The Kier molecular flexibility index (Phi) is 52.7. The number of nitrogens with zero attached hydrogens (tertiary/aromatic N) is 7. The number of oxime groups is 2. The van der Waals surface area contributed by atoms with E-state index in [9.17, 15) is 93.4 Å². The Labute approximate surface area is 678 Å². The number of aldehydes is 1. The number of alkyl halides is 18. The second kappa shape index (κ2) is 56.3. The van der Waals surface area contributed by atoms with E-state index in [0.717, 1.165) is 54.7 Å². The Bertz CT molecular complexity index is 4730. The lowest BCUT2D eigenvalue weighted by Crippen LogP contribution is -2.29. The van der Waals surface area contributed by atoms with Crippen molar-refractivity contribution in [2.45, 2.75) is 66.4 Å². The van der Waals surface area contributed by atoms with Gasteiger partial charge in [0.05, 0.1) is 19.2 Å². The number of nitrogens with two attached hydrogens (primary N) is 5. The van der Waals surface area contributed by atoms with E-state index in [4.69, 9.17) is 67.4 Å². The number of hydrogen-bond acceptors (Lipinski definition) is 30. The average Bonchev–Trinajstić information content (AvgIpc) is 1.71. The summed E-state index contributed by atoms with van der Waals surface area (Å²) in [7, 11) is 1.24. The molecular weight excluding hydrogens is 1730 g/mol. The number of hydrogen-bond donors (Lipinski definition) is 11. The Morgan fingerprint density at radius 3 is 1.14 bits per heavy atom. The number of aromatic amines is 1. The normalized spacial score (nSPS) is 10.4. The number of amidine groups is 1. The van der Waals surface area contributed by atoms with Crippen LogP contribution in [0, 0.1) is 31.6 Å². The molecule has 0 bridgehead atoms. The Hall–Kier alpha value is -14.1. The SMILES string of the molecule is C.C#CC(=O)OC.CC(=N)N.Cc1cc(-c2ccc(OC(F)(F)F)cc2)no1.Cc1nc(-c2cc(-c3ccc(OC(F)(F)F)cc3)no2)n[nH]1.Cl.NN.NNC(=O)c1cc(-c2ccc(OC(F)(F)F)cc2)no1.NO.O.O/N=C(\Cl)c1ccc(OC(F)(F)F)cc1.O/N=C/c1ccc(OC(F)(F)F)cc1.O=C=O.O=Cc1ccc(OC(F)(F)F)cc1. The van der Waals surface area contributed by atoms with Gasteiger partial charge in [-0.2, -0.15) is 9.59 Å². The molecule has 0 fully saturated rings. The number of carbonyl (C=O) groups excluding carboxylic acids is 5. The maximum Gasteiger partial charge on any atom is 0.573 e. The minimum Gasteiger partial charge on any atom is -0.459 e. The number of H-pyrrole nitrogens is 1. The molecule has 6 aromatic carbocycles. The first-order chi connectivity index (χ1) is 55.1. The van der Waals surface area contributed by atoms with E-state index in [2.05, 4.69) is 98.1 Å². The fraction of sp³-hybridized carbons (Fsp3) is 0.164. The molecule has 0 aliphatic carbocycles. The number of terminal acetylenes is 1. The lowest BCUT2D eigenvalue weighted by atomic mass is 10.1. The molecule has 10 rings (SSSR count). The zero-order valence-electron chi connectivity index (χ0n) is 60.4. The minimum atomic E-state index is -4.75. The van der Waals surface area contributed by atoms with Crippen molar-refractivity contribution in [2.75, 3.05) is 7.11 Å². The van der Waals surface area contributed by atoms with Gasteiger partial charge in [0, 0.05) is 51.9 Å². The number of nitrogens with one attached hydrogen (secondary N) is 3. The summed E-state index contributed by atoms with van der Waals surface area (Å²) in [6.07, 6.45) is -21.8. The maximum absolute atomic E-state index is 12.1. The van der Waals surface area contributed by atoms with Gasteiger partial charge in [0.1, 0.15) is 69.4 Å². The fourth-order valence-corrected chi connectivity index (χ4v) is 7.15. The van der Waals surface area contributed by atoms with Gasteiger partial charge in [0.2, 0.25) is 17.3 Å². The molecule has 0 unspecified atom stereocenters. The van der Waals surface area contributed by atoms with Crippen molar-refractivity contribution < 1.29 is 171 Å². The molecule has 1 amide bonds. The second-order valence-electron chi connectivity index (χ2n) is 19.9. The molecule has 0 aliphatic heterocycles. The Balaban J connectivity index is -0.000000655. The lowest BCUT2D eigenvalue weighted by Gasteiger charge is -2.08. The van der Waals surface area contributed by atoms with Gasteiger partial charge in [0.25, 0.3) is 0 Å². The molecule has 0 aliphatic rings. The Morgan fingerprint density at radius 2 is 0.876 bits per heavy atom. The zero-order chi connectivity index (χ0) is 90.2. The van der Waals surface area contributed by atoms with Crippen LogP contribution in [0.2, 0.25) is 0 Å². The molecule has 54 heteroatoms. The number of esters is 1. The summed E-state index contributed by atoms with van der Waals surface area (Å²) in [6, 6.07) is 34.5. The number of carbonyl (C=O) groups is 3. The summed E-state index contributed by atoms with van der Waals surface area (Å²) < 4.78 is 254. The number of methoxy groups -OCH3 is 1. The van der Waals surface area contributed by atoms with Crippen LogP contribution in [0.3, 0.4) is 0 Å². The predicted molar refractivity (Wildman–Crippen MR) is 386 cm³/mol. The number of hydrazine groups is 2. The molecule has 4 aromatic heterocycles. The number of rotatable bonds is 14. The minimum absolute atomic E-state index is 0. The van der Waals surface area contributed by atoms with Crippen LogP contribution in [0.1, 0.15) is 58.0 Å². The fourth-order valence-electron chi connectivity index (χ4n) is 7.02. The van der Waals surface area contributed by atoms with E-state index in [-0.39, 0.29) is 94.0 Å². The molecule has 662 valence electrons. The topological polar surface area (TPSA) is 553 Å². The third kappa shape index (κ3) is 51.6. The summed E-state index contributed by atoms with van der Waals surface area (Å²) in [4.78, 5) is 51.4. The smallest absolute Gasteiger partial charge is 0.459 e. The van der Waals surface area contributed by atoms with E-state index in [1.807, 2.05) is 5.43 Å². The number of nitrogen functional groups attached to an aromatic ring is 1. The van der Waals surface area contributed by atoms with Gasteiger partial charge in [-0.15, -0.1) is 103 Å². The van der Waals surface area contributed by atoms with Gasteiger partial charge in [-0.05, 0) is 172 Å². The first kappa shape index (κ1) is 113. The van der Waals surface area contributed by atoms with Gasteiger partial charge in [-0.3, -0.25) is 37.2 Å². The molecule has 4 heterocycles. The summed E-state index contributed by atoms with van der Waals surface area (Å²) >= 11 is 5.41. The zero-order valence-corrected chi connectivity index (χ0v) is 62.0. The van der Waals surface area contributed by atoms with Gasteiger partial charge in [0.15, 0.2) is 5.17 Å². The highest BCUT2D eigenvalue weighted by Crippen LogP contribution is 2.32. The van der Waals surface area contributed by atoms with Crippen LogP contribution in [0.5, 0.6) is 34.5 Å².